The van der Waals surface area contributed by atoms with E-state index in [1.807, 2.05) is 0 Å². The minimum atomic E-state index is 0.456. The van der Waals surface area contributed by atoms with Crippen molar-refractivity contribution in [1.82, 2.24) is 25.7 Å². The van der Waals surface area contributed by atoms with E-state index >= 15 is 0 Å². The molecule has 0 fully saturated rings. The van der Waals surface area contributed by atoms with E-state index in [1.54, 1.807) is 17.5 Å². The fourth-order valence-electron chi connectivity index (χ4n) is 1.56. The van der Waals surface area contributed by atoms with Crippen molar-refractivity contribution in [2.24, 2.45) is 0 Å². The second-order valence-electron chi connectivity index (χ2n) is 3.66. The fraction of sp³-hybridized carbons (Fsp3) is 0.500. The molecule has 2 heterocycles. The van der Waals surface area contributed by atoms with E-state index in [0.717, 1.165) is 29.4 Å². The van der Waals surface area contributed by atoms with Crippen molar-refractivity contribution in [1.29, 1.82) is 0 Å². The molecule has 0 bridgehead atoms. The van der Waals surface area contributed by atoms with Crippen molar-refractivity contribution < 1.29 is 0 Å². The number of nitrogens with one attached hydrogen (secondary N) is 2. The minimum Gasteiger partial charge on any atom is -0.314 e. The normalized spacial score (nSPS) is 12.9. The van der Waals surface area contributed by atoms with Gasteiger partial charge in [-0.3, -0.25) is 0 Å². The van der Waals surface area contributed by atoms with Crippen molar-refractivity contribution in [3.05, 3.63) is 17.3 Å². The third-order valence-corrected chi connectivity index (χ3v) is 3.17. The van der Waals surface area contributed by atoms with Crippen molar-refractivity contribution in [3.8, 4) is 10.7 Å². The molecular weight excluding hydrogens is 222 g/mol. The molecule has 2 aromatic rings. The lowest BCUT2D eigenvalue weighted by atomic mass is 10.2. The van der Waals surface area contributed by atoms with Crippen LogP contribution >= 0.6 is 11.3 Å². The topological polar surface area (TPSA) is 66.5 Å². The number of likely N-dealkylation sites (N-methyl/N-ethyl adjacent to an activating group) is 1. The van der Waals surface area contributed by atoms with Crippen LogP contribution in [0.2, 0.25) is 0 Å². The Morgan fingerprint density at radius 3 is 3.12 bits per heavy atom. The summed E-state index contributed by atoms with van der Waals surface area (Å²) in [6.07, 6.45) is 2.64. The molecule has 2 N–H and O–H groups in total. The molecule has 0 aliphatic heterocycles. The van der Waals surface area contributed by atoms with Crippen LogP contribution in [0.15, 0.2) is 11.6 Å². The molecule has 1 atom stereocenters. The third kappa shape index (κ3) is 2.65. The van der Waals surface area contributed by atoms with Crippen LogP contribution in [0.5, 0.6) is 0 Å². The minimum absolute atomic E-state index is 0.456. The van der Waals surface area contributed by atoms with Crippen molar-refractivity contribution in [3.63, 3.8) is 0 Å². The molecule has 1 unspecified atom stereocenters. The molecule has 0 radical (unpaired) electrons. The second-order valence-corrected chi connectivity index (χ2v) is 4.52. The number of aromatic nitrogens is 4. The summed E-state index contributed by atoms with van der Waals surface area (Å²) in [5.74, 6) is 0. The largest absolute Gasteiger partial charge is 0.314 e. The first-order valence-corrected chi connectivity index (χ1v) is 6.21. The molecule has 0 aliphatic carbocycles. The van der Waals surface area contributed by atoms with Gasteiger partial charge in [0, 0.05) is 17.8 Å². The van der Waals surface area contributed by atoms with Gasteiger partial charge in [-0.1, -0.05) is 6.92 Å². The summed E-state index contributed by atoms with van der Waals surface area (Å²) in [5, 5.41) is 16.8. The molecule has 2 rings (SSSR count). The van der Waals surface area contributed by atoms with Crippen LogP contribution in [0.3, 0.4) is 0 Å². The van der Waals surface area contributed by atoms with E-state index in [2.05, 4.69) is 44.9 Å². The van der Waals surface area contributed by atoms with Crippen LogP contribution in [-0.2, 0) is 6.42 Å². The van der Waals surface area contributed by atoms with Crippen LogP contribution in [-0.4, -0.2) is 33.0 Å². The first-order chi connectivity index (χ1) is 7.79. The van der Waals surface area contributed by atoms with E-state index in [-0.39, 0.29) is 0 Å². The quantitative estimate of drug-likeness (QED) is 0.826. The number of aromatic amines is 1. The summed E-state index contributed by atoms with van der Waals surface area (Å²) < 4.78 is 0. The monoisotopic (exact) mass is 237 g/mol. The van der Waals surface area contributed by atoms with Gasteiger partial charge in [-0.15, -0.1) is 11.3 Å². The van der Waals surface area contributed by atoms with E-state index < -0.39 is 0 Å². The lowest BCUT2D eigenvalue weighted by Gasteiger charge is -2.09. The number of thiazole rings is 1. The highest BCUT2D eigenvalue weighted by Crippen LogP contribution is 2.21. The smallest absolute Gasteiger partial charge is 0.145 e. The predicted octanol–water partition coefficient (Wildman–Crippen LogP) is 1.47. The molecule has 86 valence electrons. The molecule has 5 nitrogen and oxygen atoms in total. The highest BCUT2D eigenvalue weighted by atomic mass is 32.1. The molecule has 0 amide bonds. The third-order valence-electron chi connectivity index (χ3n) is 2.25. The maximum Gasteiger partial charge on any atom is 0.145 e. The number of H-pyrrole nitrogens is 1. The summed E-state index contributed by atoms with van der Waals surface area (Å²) in [7, 11) is 0. The summed E-state index contributed by atoms with van der Waals surface area (Å²) in [5.41, 5.74) is 1.92. The van der Waals surface area contributed by atoms with E-state index in [1.165, 1.54) is 0 Å². The lowest BCUT2D eigenvalue weighted by Crippen LogP contribution is -2.27. The lowest BCUT2D eigenvalue weighted by molar-refractivity contribution is 0.561. The molecule has 0 aliphatic rings. The van der Waals surface area contributed by atoms with Crippen LogP contribution in [0.1, 0.15) is 19.5 Å². The molecule has 16 heavy (non-hydrogen) atoms. The summed E-state index contributed by atoms with van der Waals surface area (Å²) in [6, 6.07) is 0.456. The zero-order chi connectivity index (χ0) is 11.4. The summed E-state index contributed by atoms with van der Waals surface area (Å²) in [6.45, 7) is 5.26. The Morgan fingerprint density at radius 2 is 2.44 bits per heavy atom. The van der Waals surface area contributed by atoms with Gasteiger partial charge in [0.1, 0.15) is 10.7 Å². The molecule has 2 aromatic heterocycles. The van der Waals surface area contributed by atoms with Gasteiger partial charge in [0.05, 0.1) is 11.9 Å². The van der Waals surface area contributed by atoms with Gasteiger partial charge in [0.25, 0.3) is 0 Å². The van der Waals surface area contributed by atoms with Crippen LogP contribution in [0.4, 0.5) is 0 Å². The van der Waals surface area contributed by atoms with Gasteiger partial charge in [-0.25, -0.2) is 4.98 Å². The van der Waals surface area contributed by atoms with Gasteiger partial charge >= 0.3 is 0 Å². The molecule has 6 heteroatoms. The molecule has 0 saturated carbocycles. The van der Waals surface area contributed by atoms with Gasteiger partial charge in [-0.05, 0) is 13.5 Å². The number of rotatable bonds is 5. The van der Waals surface area contributed by atoms with Gasteiger partial charge in [0.2, 0.25) is 0 Å². The summed E-state index contributed by atoms with van der Waals surface area (Å²) >= 11 is 1.61. The SMILES string of the molecule is CCNC(C)Cc1csc(-c2cn[nH]n2)n1. The average Bonchev–Trinajstić information content (AvgIpc) is 2.86. The zero-order valence-electron chi connectivity index (χ0n) is 9.40. The maximum absolute atomic E-state index is 4.53. The van der Waals surface area contributed by atoms with Crippen LogP contribution in [0, 0.1) is 0 Å². The highest BCUT2D eigenvalue weighted by molar-refractivity contribution is 7.13. The Morgan fingerprint density at radius 1 is 1.56 bits per heavy atom. The predicted molar refractivity (Wildman–Crippen MR) is 64.3 cm³/mol. The Balaban J connectivity index is 2.03. The Bertz CT molecular complexity index is 422. The van der Waals surface area contributed by atoms with E-state index in [9.17, 15) is 0 Å². The standard InChI is InChI=1S/C10H15N5S/c1-3-11-7(2)4-8-6-16-10(13-8)9-5-12-15-14-9/h5-7,11H,3-4H2,1-2H3,(H,12,14,15). The molecule has 0 saturated heterocycles. The van der Waals surface area contributed by atoms with Crippen LogP contribution < -0.4 is 5.32 Å². The highest BCUT2D eigenvalue weighted by Gasteiger charge is 2.09. The maximum atomic E-state index is 4.53. The van der Waals surface area contributed by atoms with E-state index in [4.69, 9.17) is 0 Å². The van der Waals surface area contributed by atoms with Crippen molar-refractivity contribution in [2.75, 3.05) is 6.54 Å². The van der Waals surface area contributed by atoms with Gasteiger partial charge < -0.3 is 5.32 Å². The van der Waals surface area contributed by atoms with Crippen molar-refractivity contribution in [2.45, 2.75) is 26.3 Å². The van der Waals surface area contributed by atoms with Crippen molar-refractivity contribution >= 4 is 11.3 Å². The van der Waals surface area contributed by atoms with Gasteiger partial charge in [-0.2, -0.15) is 15.4 Å². The summed E-state index contributed by atoms with van der Waals surface area (Å²) in [4.78, 5) is 4.53. The zero-order valence-corrected chi connectivity index (χ0v) is 10.2. The first-order valence-electron chi connectivity index (χ1n) is 5.33. The van der Waals surface area contributed by atoms with Crippen LogP contribution in [0.25, 0.3) is 10.7 Å². The number of hydrogen-bond donors (Lipinski definition) is 2. The van der Waals surface area contributed by atoms with Gasteiger partial charge in [0.15, 0.2) is 0 Å². The molecule has 0 aromatic carbocycles. The fourth-order valence-corrected chi connectivity index (χ4v) is 2.34. The second kappa shape index (κ2) is 5.18. The molecule has 0 spiro atoms. The first kappa shape index (κ1) is 11.2. The Labute approximate surface area is 98.3 Å². The van der Waals surface area contributed by atoms with E-state index in [0.29, 0.717) is 6.04 Å². The Kier molecular flexibility index (Phi) is 3.63. The number of nitrogens with zero attached hydrogens (tertiary/aromatic N) is 3. The number of hydrogen-bond acceptors (Lipinski definition) is 5. The molecular formula is C10H15N5S. The Hall–Kier alpha value is -1.27. The average molecular weight is 237 g/mol.